The summed E-state index contributed by atoms with van der Waals surface area (Å²) in [5.41, 5.74) is 0.432. The SMILES string of the molecule is CCCCCCCCC(=O)Nc1c(Br)cccc1C(=O)O. The third-order valence-electron chi connectivity index (χ3n) is 3.27. The number of carbonyl (C=O) groups is 2. The Balaban J connectivity index is 2.46. The lowest BCUT2D eigenvalue weighted by molar-refractivity contribution is -0.116. The van der Waals surface area contributed by atoms with Crippen molar-refractivity contribution >= 4 is 33.5 Å². The molecule has 0 aromatic heterocycles. The van der Waals surface area contributed by atoms with Gasteiger partial charge < -0.3 is 10.4 Å². The number of aromatic carboxylic acids is 1. The fraction of sp³-hybridized carbons (Fsp3) is 0.500. The van der Waals surface area contributed by atoms with Crippen LogP contribution in [-0.2, 0) is 4.79 Å². The average Bonchev–Trinajstić information content (AvgIpc) is 2.44. The Labute approximate surface area is 134 Å². The second-order valence-electron chi connectivity index (χ2n) is 5.03. The summed E-state index contributed by atoms with van der Waals surface area (Å²) in [5, 5.41) is 11.8. The largest absolute Gasteiger partial charge is 0.478 e. The van der Waals surface area contributed by atoms with Gasteiger partial charge >= 0.3 is 5.97 Å². The normalized spacial score (nSPS) is 10.4. The van der Waals surface area contributed by atoms with Crippen LogP contribution >= 0.6 is 15.9 Å². The van der Waals surface area contributed by atoms with Gasteiger partial charge in [0.2, 0.25) is 5.91 Å². The molecule has 0 unspecified atom stereocenters. The van der Waals surface area contributed by atoms with E-state index in [1.165, 1.54) is 25.3 Å². The quantitative estimate of drug-likeness (QED) is 0.623. The maximum Gasteiger partial charge on any atom is 0.337 e. The van der Waals surface area contributed by atoms with Crippen LogP contribution in [-0.4, -0.2) is 17.0 Å². The molecule has 4 nitrogen and oxygen atoms in total. The number of unbranched alkanes of at least 4 members (excludes halogenated alkanes) is 5. The average molecular weight is 356 g/mol. The first-order valence-corrected chi connectivity index (χ1v) is 8.17. The third-order valence-corrected chi connectivity index (χ3v) is 3.93. The predicted octanol–water partition coefficient (Wildman–Crippen LogP) is 4.84. The molecule has 116 valence electrons. The number of amides is 1. The molecule has 0 saturated heterocycles. The monoisotopic (exact) mass is 355 g/mol. The Kier molecular flexibility index (Phi) is 8.05. The summed E-state index contributed by atoms with van der Waals surface area (Å²) >= 11 is 3.28. The van der Waals surface area contributed by atoms with E-state index >= 15 is 0 Å². The predicted molar refractivity (Wildman–Crippen MR) is 87.7 cm³/mol. The van der Waals surface area contributed by atoms with Gasteiger partial charge in [-0.25, -0.2) is 4.79 Å². The third kappa shape index (κ3) is 6.29. The number of para-hydroxylation sites is 1. The molecule has 0 fully saturated rings. The highest BCUT2D eigenvalue weighted by atomic mass is 79.9. The van der Waals surface area contributed by atoms with Gasteiger partial charge in [0.15, 0.2) is 0 Å². The Bertz CT molecular complexity index is 488. The molecule has 1 aromatic rings. The van der Waals surface area contributed by atoms with Crippen LogP contribution in [0.25, 0.3) is 0 Å². The molecule has 1 rings (SSSR count). The highest BCUT2D eigenvalue weighted by Gasteiger charge is 2.14. The van der Waals surface area contributed by atoms with Crippen LogP contribution in [0.15, 0.2) is 22.7 Å². The molecular formula is C16H22BrNO3. The first-order valence-electron chi connectivity index (χ1n) is 7.38. The minimum atomic E-state index is -1.05. The first kappa shape index (κ1) is 17.7. The molecule has 1 aromatic carbocycles. The van der Waals surface area contributed by atoms with E-state index in [4.69, 9.17) is 5.11 Å². The van der Waals surface area contributed by atoms with Gasteiger partial charge in [0, 0.05) is 10.9 Å². The Hall–Kier alpha value is -1.36. The first-order chi connectivity index (χ1) is 10.1. The van der Waals surface area contributed by atoms with Crippen molar-refractivity contribution < 1.29 is 14.7 Å². The van der Waals surface area contributed by atoms with Crippen LogP contribution in [0.5, 0.6) is 0 Å². The van der Waals surface area contributed by atoms with Crippen LogP contribution in [0, 0.1) is 0 Å². The van der Waals surface area contributed by atoms with Crippen LogP contribution in [0.3, 0.4) is 0 Å². The van der Waals surface area contributed by atoms with Gasteiger partial charge in [-0.3, -0.25) is 4.79 Å². The van der Waals surface area contributed by atoms with Gasteiger partial charge in [-0.2, -0.15) is 0 Å². The number of benzene rings is 1. The molecule has 0 heterocycles. The molecule has 2 N–H and O–H groups in total. The molecule has 0 atom stereocenters. The number of carbonyl (C=O) groups excluding carboxylic acids is 1. The summed E-state index contributed by atoms with van der Waals surface area (Å²) in [7, 11) is 0. The van der Waals surface area contributed by atoms with Crippen molar-refractivity contribution in [2.75, 3.05) is 5.32 Å². The number of rotatable bonds is 9. The van der Waals surface area contributed by atoms with E-state index in [9.17, 15) is 9.59 Å². The second kappa shape index (κ2) is 9.55. The molecule has 5 heteroatoms. The van der Waals surface area contributed by atoms with Crippen LogP contribution in [0.1, 0.15) is 62.2 Å². The molecule has 0 bridgehead atoms. The molecule has 0 radical (unpaired) electrons. The fourth-order valence-corrected chi connectivity index (χ4v) is 2.56. The highest BCUT2D eigenvalue weighted by Crippen LogP contribution is 2.26. The number of carboxylic acid groups (broad SMARTS) is 1. The number of anilines is 1. The van der Waals surface area contributed by atoms with Crippen molar-refractivity contribution in [2.45, 2.75) is 51.9 Å². The van der Waals surface area contributed by atoms with E-state index in [2.05, 4.69) is 28.2 Å². The molecule has 1 amide bonds. The van der Waals surface area contributed by atoms with Gasteiger partial charge in [0.25, 0.3) is 0 Å². The van der Waals surface area contributed by atoms with Crippen LogP contribution < -0.4 is 5.32 Å². The van der Waals surface area contributed by atoms with Crippen LogP contribution in [0.2, 0.25) is 0 Å². The molecule has 0 aliphatic heterocycles. The Morgan fingerprint density at radius 2 is 1.81 bits per heavy atom. The van der Waals surface area contributed by atoms with Gasteiger partial charge in [0.05, 0.1) is 11.3 Å². The van der Waals surface area contributed by atoms with E-state index in [0.29, 0.717) is 16.6 Å². The Morgan fingerprint density at radius 1 is 1.14 bits per heavy atom. The molecule has 0 aliphatic rings. The summed E-state index contributed by atoms with van der Waals surface area (Å²) in [5.74, 6) is -1.19. The number of nitrogens with one attached hydrogen (secondary N) is 1. The van der Waals surface area contributed by atoms with Crippen LogP contribution in [0.4, 0.5) is 5.69 Å². The molecular weight excluding hydrogens is 334 g/mol. The summed E-state index contributed by atoms with van der Waals surface area (Å²) in [6, 6.07) is 4.83. The lowest BCUT2D eigenvalue weighted by atomic mass is 10.1. The molecule has 21 heavy (non-hydrogen) atoms. The van der Waals surface area contributed by atoms with E-state index in [1.54, 1.807) is 12.1 Å². The summed E-state index contributed by atoms with van der Waals surface area (Å²) < 4.78 is 0.582. The van der Waals surface area contributed by atoms with Crippen molar-refractivity contribution in [1.82, 2.24) is 0 Å². The highest BCUT2D eigenvalue weighted by molar-refractivity contribution is 9.10. The van der Waals surface area contributed by atoms with Gasteiger partial charge in [-0.1, -0.05) is 45.1 Å². The van der Waals surface area contributed by atoms with Crippen molar-refractivity contribution in [2.24, 2.45) is 0 Å². The number of hydrogen-bond acceptors (Lipinski definition) is 2. The maximum atomic E-state index is 11.9. The minimum absolute atomic E-state index is 0.0978. The second-order valence-corrected chi connectivity index (χ2v) is 5.89. The maximum absolute atomic E-state index is 11.9. The van der Waals surface area contributed by atoms with Crippen molar-refractivity contribution in [1.29, 1.82) is 0 Å². The van der Waals surface area contributed by atoms with E-state index in [0.717, 1.165) is 19.3 Å². The number of hydrogen-bond donors (Lipinski definition) is 2. The van der Waals surface area contributed by atoms with Crippen molar-refractivity contribution in [3.63, 3.8) is 0 Å². The van der Waals surface area contributed by atoms with E-state index in [-0.39, 0.29) is 11.5 Å². The number of halogens is 1. The number of carboxylic acids is 1. The summed E-state index contributed by atoms with van der Waals surface area (Å²) in [4.78, 5) is 23.0. The Morgan fingerprint density at radius 3 is 2.48 bits per heavy atom. The van der Waals surface area contributed by atoms with E-state index in [1.807, 2.05) is 0 Å². The lowest BCUT2D eigenvalue weighted by Gasteiger charge is -2.10. The standard InChI is InChI=1S/C16H22BrNO3/c1-2-3-4-5-6-7-11-14(19)18-15-12(16(20)21)9-8-10-13(15)17/h8-10H,2-7,11H2,1H3,(H,18,19)(H,20,21). The molecule has 0 saturated carbocycles. The van der Waals surface area contributed by atoms with Crippen molar-refractivity contribution in [3.05, 3.63) is 28.2 Å². The van der Waals surface area contributed by atoms with E-state index < -0.39 is 5.97 Å². The molecule has 0 aliphatic carbocycles. The fourth-order valence-electron chi connectivity index (χ4n) is 2.10. The van der Waals surface area contributed by atoms with Gasteiger partial charge in [0.1, 0.15) is 0 Å². The summed E-state index contributed by atoms with van der Waals surface area (Å²) in [6.07, 6.45) is 7.11. The minimum Gasteiger partial charge on any atom is -0.478 e. The summed E-state index contributed by atoms with van der Waals surface area (Å²) in [6.45, 7) is 2.17. The van der Waals surface area contributed by atoms with Crippen molar-refractivity contribution in [3.8, 4) is 0 Å². The zero-order valence-corrected chi connectivity index (χ0v) is 13.9. The molecule has 0 spiro atoms. The lowest BCUT2D eigenvalue weighted by Crippen LogP contribution is -2.14. The van der Waals surface area contributed by atoms with Gasteiger partial charge in [-0.05, 0) is 34.5 Å². The zero-order chi connectivity index (χ0) is 15.7. The topological polar surface area (TPSA) is 66.4 Å². The van der Waals surface area contributed by atoms with Gasteiger partial charge in [-0.15, -0.1) is 0 Å². The zero-order valence-electron chi connectivity index (χ0n) is 12.3. The smallest absolute Gasteiger partial charge is 0.337 e.